The van der Waals surface area contributed by atoms with E-state index >= 15 is 0 Å². The van der Waals surface area contributed by atoms with Crippen molar-refractivity contribution in [3.05, 3.63) is 0 Å². The van der Waals surface area contributed by atoms with Gasteiger partial charge in [0.2, 0.25) is 0 Å². The lowest BCUT2D eigenvalue weighted by atomic mass is 10.0. The Bertz CT molecular complexity index is 715. The van der Waals surface area contributed by atoms with Gasteiger partial charge in [0, 0.05) is 13.0 Å². The van der Waals surface area contributed by atoms with Crippen molar-refractivity contribution >= 4 is 11.9 Å². The minimum Gasteiger partial charge on any atom is -0.466 e. The van der Waals surface area contributed by atoms with Gasteiger partial charge in [-0.15, -0.1) is 0 Å². The molecule has 51 heavy (non-hydrogen) atoms. The Balaban J connectivity index is 4.05. The van der Waals surface area contributed by atoms with Crippen LogP contribution in [0.4, 0.5) is 0 Å². The maximum Gasteiger partial charge on any atom is 0.308 e. The van der Waals surface area contributed by atoms with Crippen LogP contribution in [0.5, 0.6) is 0 Å². The lowest BCUT2D eigenvalue weighted by molar-refractivity contribution is -0.154. The summed E-state index contributed by atoms with van der Waals surface area (Å²) in [5, 5.41) is 9.57. The smallest absolute Gasteiger partial charge is 0.308 e. The molecule has 0 aromatic rings. The molecule has 6 heteroatoms. The molecule has 0 aliphatic carbocycles. The summed E-state index contributed by atoms with van der Waals surface area (Å²) in [6, 6.07) is 0. The van der Waals surface area contributed by atoms with Crippen LogP contribution >= 0.6 is 0 Å². The summed E-state index contributed by atoms with van der Waals surface area (Å²) < 4.78 is 11.6. The van der Waals surface area contributed by atoms with Crippen LogP contribution in [0.2, 0.25) is 0 Å². The molecule has 1 atom stereocenters. The van der Waals surface area contributed by atoms with Crippen molar-refractivity contribution in [1.29, 1.82) is 0 Å². The third kappa shape index (κ3) is 35.6. The standard InChI is InChI=1S/C45H89NO5/c1-5-8-11-14-17-21-29-36-44(48)50-41-32-25-18-23-30-37-46(39-40-47)38-31-24-22-26-33-42(4)45(49)51-43(34-27-19-15-12-9-6-2)35-28-20-16-13-10-7-3/h42-43,47H,5-41H2,1-4H3. The second kappa shape index (κ2) is 40.1. The maximum atomic E-state index is 13.0. The molecule has 304 valence electrons. The van der Waals surface area contributed by atoms with E-state index in [-0.39, 0.29) is 30.6 Å². The number of hydrogen-bond acceptors (Lipinski definition) is 6. The normalized spacial score (nSPS) is 12.2. The monoisotopic (exact) mass is 724 g/mol. The van der Waals surface area contributed by atoms with E-state index in [4.69, 9.17) is 9.47 Å². The molecule has 0 aliphatic heterocycles. The first-order chi connectivity index (χ1) is 25.0. The number of unbranched alkanes of at least 4 members (excludes halogenated alkanes) is 23. The van der Waals surface area contributed by atoms with Gasteiger partial charge in [0.05, 0.1) is 19.1 Å². The lowest BCUT2D eigenvalue weighted by Crippen LogP contribution is -2.29. The summed E-state index contributed by atoms with van der Waals surface area (Å²) in [6.07, 6.45) is 37.6. The fraction of sp³-hybridized carbons (Fsp3) is 0.956. The lowest BCUT2D eigenvalue weighted by Gasteiger charge is -2.21. The number of ether oxygens (including phenoxy) is 2. The molecule has 0 saturated heterocycles. The number of nitrogens with zero attached hydrogens (tertiary/aromatic N) is 1. The average molecular weight is 724 g/mol. The predicted molar refractivity (Wildman–Crippen MR) is 218 cm³/mol. The number of hydrogen-bond donors (Lipinski definition) is 1. The molecule has 0 bridgehead atoms. The van der Waals surface area contributed by atoms with Crippen molar-refractivity contribution in [2.75, 3.05) is 32.8 Å². The van der Waals surface area contributed by atoms with E-state index in [9.17, 15) is 14.7 Å². The molecule has 0 fully saturated rings. The van der Waals surface area contributed by atoms with Gasteiger partial charge < -0.3 is 19.5 Å². The van der Waals surface area contributed by atoms with Crippen molar-refractivity contribution in [3.63, 3.8) is 0 Å². The van der Waals surface area contributed by atoms with Crippen molar-refractivity contribution in [2.24, 2.45) is 5.92 Å². The minimum absolute atomic E-state index is 0.0190. The second-order valence-electron chi connectivity index (χ2n) is 15.7. The fourth-order valence-electron chi connectivity index (χ4n) is 7.03. The second-order valence-corrected chi connectivity index (χ2v) is 15.7. The summed E-state index contributed by atoms with van der Waals surface area (Å²) in [6.45, 7) is 12.4. The van der Waals surface area contributed by atoms with E-state index in [1.54, 1.807) is 0 Å². The summed E-state index contributed by atoms with van der Waals surface area (Å²) in [5.74, 6) is -0.0260. The zero-order valence-corrected chi connectivity index (χ0v) is 34.8. The Labute approximate surface area is 318 Å². The molecule has 0 heterocycles. The number of rotatable bonds is 41. The molecule has 0 aromatic carbocycles. The highest BCUT2D eigenvalue weighted by Gasteiger charge is 2.19. The Morgan fingerprint density at radius 2 is 0.922 bits per heavy atom. The molecule has 0 aromatic heterocycles. The molecule has 1 unspecified atom stereocenters. The Morgan fingerprint density at radius 1 is 0.510 bits per heavy atom. The molecule has 0 spiro atoms. The molecular weight excluding hydrogens is 634 g/mol. The first-order valence-electron chi connectivity index (χ1n) is 22.7. The number of aliphatic hydroxyl groups excluding tert-OH is 1. The summed E-state index contributed by atoms with van der Waals surface area (Å²) in [5.41, 5.74) is 0. The van der Waals surface area contributed by atoms with E-state index in [0.717, 1.165) is 90.3 Å². The van der Waals surface area contributed by atoms with Gasteiger partial charge in [0.1, 0.15) is 6.10 Å². The number of esters is 2. The SMILES string of the molecule is CCCCCCCCCC(=O)OCCCCCCCN(CCO)CCCCCCC(C)C(=O)OC(CCCCCCCC)CCCCCCCC. The molecule has 0 amide bonds. The van der Waals surface area contributed by atoms with Crippen molar-refractivity contribution in [1.82, 2.24) is 4.90 Å². The van der Waals surface area contributed by atoms with Crippen molar-refractivity contribution in [2.45, 2.75) is 239 Å². The third-order valence-corrected chi connectivity index (χ3v) is 10.6. The van der Waals surface area contributed by atoms with Crippen LogP contribution in [0.25, 0.3) is 0 Å². The molecular formula is C45H89NO5. The van der Waals surface area contributed by atoms with Gasteiger partial charge in [-0.1, -0.05) is 169 Å². The average Bonchev–Trinajstić information content (AvgIpc) is 3.12. The summed E-state index contributed by atoms with van der Waals surface area (Å²) >= 11 is 0. The predicted octanol–water partition coefficient (Wildman–Crippen LogP) is 12.9. The van der Waals surface area contributed by atoms with Crippen molar-refractivity contribution < 1.29 is 24.2 Å². The van der Waals surface area contributed by atoms with E-state index in [1.807, 2.05) is 0 Å². The molecule has 0 radical (unpaired) electrons. The zero-order chi connectivity index (χ0) is 37.5. The van der Waals surface area contributed by atoms with Gasteiger partial charge in [-0.25, -0.2) is 0 Å². The largest absolute Gasteiger partial charge is 0.466 e. The van der Waals surface area contributed by atoms with Gasteiger partial charge in [-0.05, 0) is 70.9 Å². The summed E-state index contributed by atoms with van der Waals surface area (Å²) in [7, 11) is 0. The number of carbonyl (C=O) groups excluding carboxylic acids is 2. The fourth-order valence-corrected chi connectivity index (χ4v) is 7.03. The highest BCUT2D eigenvalue weighted by molar-refractivity contribution is 5.72. The molecule has 6 nitrogen and oxygen atoms in total. The molecule has 0 rings (SSSR count). The maximum absolute atomic E-state index is 13.0. The van der Waals surface area contributed by atoms with Crippen LogP contribution < -0.4 is 0 Å². The van der Waals surface area contributed by atoms with E-state index in [0.29, 0.717) is 13.0 Å². The van der Waals surface area contributed by atoms with Gasteiger partial charge in [0.25, 0.3) is 0 Å². The summed E-state index contributed by atoms with van der Waals surface area (Å²) in [4.78, 5) is 27.4. The first-order valence-corrected chi connectivity index (χ1v) is 22.7. The van der Waals surface area contributed by atoms with Crippen molar-refractivity contribution in [3.8, 4) is 0 Å². The Morgan fingerprint density at radius 3 is 1.41 bits per heavy atom. The van der Waals surface area contributed by atoms with Gasteiger partial charge in [0.15, 0.2) is 0 Å². The third-order valence-electron chi connectivity index (χ3n) is 10.6. The Hall–Kier alpha value is -1.14. The zero-order valence-electron chi connectivity index (χ0n) is 34.8. The topological polar surface area (TPSA) is 76.1 Å². The van der Waals surface area contributed by atoms with Gasteiger partial charge >= 0.3 is 11.9 Å². The molecule has 0 saturated carbocycles. The van der Waals surface area contributed by atoms with E-state index in [1.165, 1.54) is 128 Å². The highest BCUT2D eigenvalue weighted by Crippen LogP contribution is 2.20. The van der Waals surface area contributed by atoms with Crippen LogP contribution in [0.3, 0.4) is 0 Å². The van der Waals surface area contributed by atoms with E-state index < -0.39 is 0 Å². The first kappa shape index (κ1) is 49.9. The van der Waals surface area contributed by atoms with Gasteiger partial charge in [-0.2, -0.15) is 0 Å². The van der Waals surface area contributed by atoms with Crippen LogP contribution in [-0.2, 0) is 19.1 Å². The van der Waals surface area contributed by atoms with E-state index in [2.05, 4.69) is 32.6 Å². The molecule has 0 aliphatic rings. The highest BCUT2D eigenvalue weighted by atomic mass is 16.5. The quantitative estimate of drug-likeness (QED) is 0.0500. The van der Waals surface area contributed by atoms with Crippen LogP contribution in [0, 0.1) is 5.92 Å². The van der Waals surface area contributed by atoms with Gasteiger partial charge in [-0.3, -0.25) is 9.59 Å². The van der Waals surface area contributed by atoms with Crippen LogP contribution in [0.1, 0.15) is 233 Å². The molecule has 1 N–H and O–H groups in total. The number of carbonyl (C=O) groups is 2. The minimum atomic E-state index is -0.0264. The van der Waals surface area contributed by atoms with Crippen LogP contribution in [-0.4, -0.2) is 60.9 Å². The Kier molecular flexibility index (Phi) is 39.2. The van der Waals surface area contributed by atoms with Crippen LogP contribution in [0.15, 0.2) is 0 Å². The number of aliphatic hydroxyl groups is 1.